The first-order chi connectivity index (χ1) is 12.0. The number of carbonyl (C=O) groups excluding carboxylic acids is 1. The van der Waals surface area contributed by atoms with E-state index >= 15 is 0 Å². The highest BCUT2D eigenvalue weighted by Gasteiger charge is 2.37. The van der Waals surface area contributed by atoms with Crippen molar-refractivity contribution in [3.63, 3.8) is 0 Å². The second-order valence-corrected chi connectivity index (χ2v) is 7.01. The van der Waals surface area contributed by atoms with E-state index in [1.165, 1.54) is 5.56 Å². The first-order valence-corrected chi connectivity index (χ1v) is 8.83. The summed E-state index contributed by atoms with van der Waals surface area (Å²) in [5.74, 6) is -1.88. The molecule has 1 aliphatic carbocycles. The molecule has 2 heterocycles. The van der Waals surface area contributed by atoms with E-state index in [1.807, 2.05) is 41.9 Å². The lowest BCUT2D eigenvalue weighted by Gasteiger charge is -2.37. The minimum atomic E-state index is -0.867. The van der Waals surface area contributed by atoms with Crippen LogP contribution in [0.15, 0.2) is 18.3 Å². The van der Waals surface area contributed by atoms with Crippen molar-refractivity contribution in [2.45, 2.75) is 26.3 Å². The zero-order valence-electron chi connectivity index (χ0n) is 14.9. The Bertz CT molecular complexity index is 674. The quantitative estimate of drug-likeness (QED) is 0.824. The van der Waals surface area contributed by atoms with E-state index in [-0.39, 0.29) is 5.91 Å². The summed E-state index contributed by atoms with van der Waals surface area (Å²) in [5, 5.41) is 13.7. The third-order valence-electron chi connectivity index (χ3n) is 5.26. The van der Waals surface area contributed by atoms with Gasteiger partial charge in [0, 0.05) is 51.5 Å². The van der Waals surface area contributed by atoms with E-state index in [4.69, 9.17) is 0 Å². The van der Waals surface area contributed by atoms with Crippen molar-refractivity contribution < 1.29 is 14.7 Å². The number of nitrogens with zero attached hydrogens (tertiary/aromatic N) is 4. The van der Waals surface area contributed by atoms with Crippen molar-refractivity contribution >= 4 is 11.9 Å². The molecule has 1 aromatic rings. The van der Waals surface area contributed by atoms with Crippen LogP contribution < -0.4 is 0 Å². The molecule has 2 aliphatic rings. The molecule has 1 fully saturated rings. The highest BCUT2D eigenvalue weighted by molar-refractivity contribution is 5.85. The molecule has 0 aromatic carbocycles. The van der Waals surface area contributed by atoms with Gasteiger partial charge in [0.25, 0.3) is 0 Å². The third kappa shape index (κ3) is 3.92. The van der Waals surface area contributed by atoms with Crippen molar-refractivity contribution in [3.8, 4) is 0 Å². The lowest BCUT2D eigenvalue weighted by atomic mass is 9.82. The Morgan fingerprint density at radius 2 is 1.80 bits per heavy atom. The maximum atomic E-state index is 12.8. The molecule has 7 heteroatoms. The van der Waals surface area contributed by atoms with Crippen LogP contribution in [-0.2, 0) is 23.2 Å². The fourth-order valence-electron chi connectivity index (χ4n) is 3.77. The maximum absolute atomic E-state index is 12.8. The first kappa shape index (κ1) is 17.7. The van der Waals surface area contributed by atoms with Gasteiger partial charge in [-0.05, 0) is 19.8 Å². The summed E-state index contributed by atoms with van der Waals surface area (Å²) in [7, 11) is 1.92. The lowest BCUT2D eigenvalue weighted by molar-refractivity contribution is -0.151. The zero-order valence-corrected chi connectivity index (χ0v) is 14.9. The molecule has 1 aromatic heterocycles. The molecule has 0 spiro atoms. The van der Waals surface area contributed by atoms with E-state index in [0.29, 0.717) is 25.9 Å². The number of aromatic nitrogens is 2. The molecule has 25 heavy (non-hydrogen) atoms. The topological polar surface area (TPSA) is 78.7 Å². The summed E-state index contributed by atoms with van der Waals surface area (Å²) in [4.78, 5) is 28.4. The smallest absolute Gasteiger partial charge is 0.307 e. The lowest BCUT2D eigenvalue weighted by Crippen LogP contribution is -2.51. The van der Waals surface area contributed by atoms with Crippen molar-refractivity contribution in [3.05, 3.63) is 29.6 Å². The molecule has 1 saturated heterocycles. The number of aryl methyl sites for hydroxylation is 2. The second kappa shape index (κ2) is 7.39. The van der Waals surface area contributed by atoms with Gasteiger partial charge in [-0.25, -0.2) is 0 Å². The summed E-state index contributed by atoms with van der Waals surface area (Å²) < 4.78 is 1.83. The van der Waals surface area contributed by atoms with Gasteiger partial charge in [0.15, 0.2) is 0 Å². The molecule has 0 radical (unpaired) electrons. The molecule has 0 unspecified atom stereocenters. The Kier molecular flexibility index (Phi) is 5.22. The molecule has 2 atom stereocenters. The van der Waals surface area contributed by atoms with Crippen molar-refractivity contribution in [1.82, 2.24) is 19.6 Å². The SMILES string of the molecule is Cc1nn(C)cc1CN1CCN(C(=O)[C@H]2CC=CC[C@H]2C(=O)O)CC1. The maximum Gasteiger partial charge on any atom is 0.307 e. The van der Waals surface area contributed by atoms with Crippen LogP contribution in [0.25, 0.3) is 0 Å². The number of rotatable bonds is 4. The van der Waals surface area contributed by atoms with E-state index in [1.54, 1.807) is 0 Å². The van der Waals surface area contributed by atoms with Gasteiger partial charge < -0.3 is 10.0 Å². The normalized spacial score (nSPS) is 24.5. The van der Waals surface area contributed by atoms with Crippen molar-refractivity contribution in [1.29, 1.82) is 0 Å². The average molecular weight is 346 g/mol. The minimum absolute atomic E-state index is 0.00559. The van der Waals surface area contributed by atoms with Gasteiger partial charge >= 0.3 is 5.97 Å². The monoisotopic (exact) mass is 346 g/mol. The van der Waals surface area contributed by atoms with Crippen LogP contribution in [0.4, 0.5) is 0 Å². The Morgan fingerprint density at radius 3 is 2.36 bits per heavy atom. The number of aliphatic carboxylic acids is 1. The molecule has 1 amide bonds. The summed E-state index contributed by atoms with van der Waals surface area (Å²) in [6, 6.07) is 0. The number of piperazine rings is 1. The molecular weight excluding hydrogens is 320 g/mol. The fraction of sp³-hybridized carbons (Fsp3) is 0.611. The standard InChI is InChI=1S/C18H26N4O3/c1-13-14(11-20(2)19-13)12-21-7-9-22(10-8-21)17(23)15-5-3-4-6-16(15)18(24)25/h3-4,11,15-16H,5-10,12H2,1-2H3,(H,24,25)/t15-,16+/m0/s1. The highest BCUT2D eigenvalue weighted by atomic mass is 16.4. The number of carboxylic acid groups (broad SMARTS) is 1. The van der Waals surface area contributed by atoms with Gasteiger partial charge in [-0.2, -0.15) is 5.10 Å². The van der Waals surface area contributed by atoms with Crippen molar-refractivity contribution in [2.75, 3.05) is 26.2 Å². The molecule has 0 bridgehead atoms. The number of amides is 1. The number of hydrogen-bond donors (Lipinski definition) is 1. The molecular formula is C18H26N4O3. The largest absolute Gasteiger partial charge is 0.481 e. The molecule has 1 N–H and O–H groups in total. The van der Waals surface area contributed by atoms with Crippen LogP contribution in [0.5, 0.6) is 0 Å². The van der Waals surface area contributed by atoms with Gasteiger partial charge in [0.2, 0.25) is 5.91 Å². The van der Waals surface area contributed by atoms with Gasteiger partial charge in [0.1, 0.15) is 0 Å². The predicted octanol–water partition coefficient (Wildman–Crippen LogP) is 1.04. The Hall–Kier alpha value is -2.15. The zero-order chi connectivity index (χ0) is 18.0. The Balaban J connectivity index is 1.56. The van der Waals surface area contributed by atoms with Gasteiger partial charge in [0.05, 0.1) is 17.5 Å². The van der Waals surface area contributed by atoms with Crippen LogP contribution in [0.1, 0.15) is 24.1 Å². The summed E-state index contributed by atoms with van der Waals surface area (Å²) >= 11 is 0. The third-order valence-corrected chi connectivity index (χ3v) is 5.26. The van der Waals surface area contributed by atoms with E-state index in [2.05, 4.69) is 10.00 Å². The van der Waals surface area contributed by atoms with Crippen LogP contribution >= 0.6 is 0 Å². The van der Waals surface area contributed by atoms with Gasteiger partial charge in [-0.15, -0.1) is 0 Å². The molecule has 0 saturated carbocycles. The summed E-state index contributed by atoms with van der Waals surface area (Å²) in [6.07, 6.45) is 6.83. The fourth-order valence-corrected chi connectivity index (χ4v) is 3.77. The van der Waals surface area contributed by atoms with E-state index in [0.717, 1.165) is 25.3 Å². The molecule has 3 rings (SSSR count). The molecule has 7 nitrogen and oxygen atoms in total. The van der Waals surface area contributed by atoms with E-state index in [9.17, 15) is 14.7 Å². The molecule has 1 aliphatic heterocycles. The predicted molar refractivity (Wildman–Crippen MR) is 92.8 cm³/mol. The number of carboxylic acids is 1. The van der Waals surface area contributed by atoms with Gasteiger partial charge in [-0.3, -0.25) is 19.2 Å². The van der Waals surface area contributed by atoms with E-state index < -0.39 is 17.8 Å². The number of carbonyl (C=O) groups is 2. The molecule has 136 valence electrons. The average Bonchev–Trinajstić information content (AvgIpc) is 2.92. The second-order valence-electron chi connectivity index (χ2n) is 7.01. The minimum Gasteiger partial charge on any atom is -0.481 e. The van der Waals surface area contributed by atoms with Crippen LogP contribution in [0.3, 0.4) is 0 Å². The summed E-state index contributed by atoms with van der Waals surface area (Å²) in [5.41, 5.74) is 2.25. The van der Waals surface area contributed by atoms with Crippen LogP contribution in [0.2, 0.25) is 0 Å². The highest BCUT2D eigenvalue weighted by Crippen LogP contribution is 2.28. The Labute approximate surface area is 147 Å². The summed E-state index contributed by atoms with van der Waals surface area (Å²) in [6.45, 7) is 5.78. The number of hydrogen-bond acceptors (Lipinski definition) is 4. The van der Waals surface area contributed by atoms with Crippen LogP contribution in [0, 0.1) is 18.8 Å². The first-order valence-electron chi connectivity index (χ1n) is 8.83. The van der Waals surface area contributed by atoms with Crippen molar-refractivity contribution in [2.24, 2.45) is 18.9 Å². The van der Waals surface area contributed by atoms with Gasteiger partial charge in [-0.1, -0.05) is 12.2 Å². The Morgan fingerprint density at radius 1 is 1.16 bits per heavy atom. The number of allylic oxidation sites excluding steroid dienone is 2. The van der Waals surface area contributed by atoms with Crippen LogP contribution in [-0.4, -0.2) is 62.7 Å².